The molecule has 0 aliphatic carbocycles. The highest BCUT2D eigenvalue weighted by molar-refractivity contribution is 9.10. The number of benzene rings is 2. The fraction of sp³-hybridized carbons (Fsp3) is 0.176. The van der Waals surface area contributed by atoms with Crippen LogP contribution in [0.25, 0.3) is 0 Å². The van der Waals surface area contributed by atoms with Crippen molar-refractivity contribution in [1.29, 1.82) is 0 Å². The summed E-state index contributed by atoms with van der Waals surface area (Å²) in [6, 6.07) is 11.8. The van der Waals surface area contributed by atoms with Crippen LogP contribution < -0.4 is 5.32 Å². The van der Waals surface area contributed by atoms with Gasteiger partial charge in [0, 0.05) is 16.5 Å². The smallest absolute Gasteiger partial charge is 0.328 e. The quantitative estimate of drug-likeness (QED) is 0.812. The van der Waals surface area contributed by atoms with E-state index in [-0.39, 0.29) is 12.0 Å². The van der Waals surface area contributed by atoms with Gasteiger partial charge in [-0.2, -0.15) is 0 Å². The van der Waals surface area contributed by atoms with Crippen LogP contribution in [0.3, 0.4) is 0 Å². The van der Waals surface area contributed by atoms with Crippen molar-refractivity contribution in [2.75, 3.05) is 7.11 Å². The number of rotatable bonds is 5. The van der Waals surface area contributed by atoms with E-state index in [1.807, 2.05) is 24.3 Å². The molecule has 1 N–H and O–H groups in total. The molecule has 0 heterocycles. The first-order valence-electron chi connectivity index (χ1n) is 6.88. The van der Waals surface area contributed by atoms with Crippen molar-refractivity contribution in [1.82, 2.24) is 5.32 Å². The first-order chi connectivity index (χ1) is 11.0. The van der Waals surface area contributed by atoms with E-state index >= 15 is 0 Å². The third-order valence-corrected chi connectivity index (χ3v) is 3.76. The Hall–Kier alpha value is -2.21. The van der Waals surface area contributed by atoms with Gasteiger partial charge in [-0.3, -0.25) is 4.79 Å². The number of hydrogen-bond donors (Lipinski definition) is 1. The van der Waals surface area contributed by atoms with Gasteiger partial charge < -0.3 is 10.1 Å². The molecule has 1 atom stereocenters. The van der Waals surface area contributed by atoms with Gasteiger partial charge in [-0.1, -0.05) is 34.1 Å². The van der Waals surface area contributed by atoms with Crippen LogP contribution in [0, 0.1) is 5.82 Å². The van der Waals surface area contributed by atoms with Crippen LogP contribution in [0.5, 0.6) is 0 Å². The number of nitrogens with one attached hydrogen (secondary N) is 1. The summed E-state index contributed by atoms with van der Waals surface area (Å²) in [5, 5.41) is 2.58. The molecule has 0 aliphatic heterocycles. The summed E-state index contributed by atoms with van der Waals surface area (Å²) >= 11 is 3.34. The summed E-state index contributed by atoms with van der Waals surface area (Å²) in [6.45, 7) is 0. The molecule has 2 aromatic rings. The molecule has 6 heteroatoms. The second kappa shape index (κ2) is 7.87. The molecular weight excluding hydrogens is 365 g/mol. The van der Waals surface area contributed by atoms with E-state index in [1.165, 1.54) is 25.3 Å². The lowest BCUT2D eigenvalue weighted by Crippen LogP contribution is -2.43. The largest absolute Gasteiger partial charge is 0.467 e. The van der Waals surface area contributed by atoms with Crippen molar-refractivity contribution in [3.63, 3.8) is 0 Å². The van der Waals surface area contributed by atoms with Crippen molar-refractivity contribution in [3.8, 4) is 0 Å². The second-order valence-electron chi connectivity index (χ2n) is 4.89. The molecule has 23 heavy (non-hydrogen) atoms. The van der Waals surface area contributed by atoms with Gasteiger partial charge in [0.1, 0.15) is 11.9 Å². The number of carbonyl (C=O) groups is 2. The van der Waals surface area contributed by atoms with E-state index in [1.54, 1.807) is 0 Å². The molecule has 0 aromatic heterocycles. The molecule has 1 amide bonds. The lowest BCUT2D eigenvalue weighted by Gasteiger charge is -2.16. The Labute approximate surface area is 141 Å². The highest BCUT2D eigenvalue weighted by Gasteiger charge is 2.22. The third kappa shape index (κ3) is 4.89. The van der Waals surface area contributed by atoms with Gasteiger partial charge in [0.15, 0.2) is 0 Å². The van der Waals surface area contributed by atoms with Crippen LogP contribution >= 0.6 is 15.9 Å². The Morgan fingerprint density at radius 1 is 1.22 bits per heavy atom. The summed E-state index contributed by atoms with van der Waals surface area (Å²) in [5.74, 6) is -1.60. The second-order valence-corrected chi connectivity index (χ2v) is 5.81. The van der Waals surface area contributed by atoms with Crippen molar-refractivity contribution in [3.05, 3.63) is 69.9 Å². The zero-order valence-electron chi connectivity index (χ0n) is 12.4. The van der Waals surface area contributed by atoms with E-state index in [0.717, 1.165) is 16.1 Å². The Kier molecular flexibility index (Phi) is 5.87. The molecule has 0 fully saturated rings. The summed E-state index contributed by atoms with van der Waals surface area (Å²) in [6.07, 6.45) is 0.279. The van der Waals surface area contributed by atoms with E-state index in [0.29, 0.717) is 0 Å². The van der Waals surface area contributed by atoms with Crippen LogP contribution in [-0.4, -0.2) is 25.0 Å². The van der Waals surface area contributed by atoms with E-state index in [9.17, 15) is 14.0 Å². The number of esters is 1. The lowest BCUT2D eigenvalue weighted by atomic mass is 10.1. The van der Waals surface area contributed by atoms with Crippen LogP contribution in [0.4, 0.5) is 4.39 Å². The first-order valence-corrected chi connectivity index (χ1v) is 7.67. The first kappa shape index (κ1) is 17.1. The predicted molar refractivity (Wildman–Crippen MR) is 87.5 cm³/mol. The van der Waals surface area contributed by atoms with Crippen LogP contribution in [0.2, 0.25) is 0 Å². The molecular formula is C17H15BrFNO3. The average molecular weight is 380 g/mol. The maximum absolute atomic E-state index is 13.2. The molecule has 120 valence electrons. The number of ether oxygens (including phenoxy) is 1. The number of halogens is 2. The number of hydrogen-bond acceptors (Lipinski definition) is 3. The molecule has 0 bridgehead atoms. The summed E-state index contributed by atoms with van der Waals surface area (Å²) in [7, 11) is 1.26. The number of methoxy groups -OCH3 is 1. The van der Waals surface area contributed by atoms with Crippen molar-refractivity contribution in [2.24, 2.45) is 0 Å². The fourth-order valence-corrected chi connectivity index (χ4v) is 2.33. The summed E-state index contributed by atoms with van der Waals surface area (Å²) in [4.78, 5) is 24.1. The van der Waals surface area contributed by atoms with Gasteiger partial charge >= 0.3 is 5.97 Å². The Balaban J connectivity index is 2.13. The zero-order valence-corrected chi connectivity index (χ0v) is 14.0. The van der Waals surface area contributed by atoms with Gasteiger partial charge in [-0.15, -0.1) is 0 Å². The molecule has 2 aromatic carbocycles. The van der Waals surface area contributed by atoms with Crippen LogP contribution in [0.15, 0.2) is 53.0 Å². The lowest BCUT2D eigenvalue weighted by molar-refractivity contribution is -0.142. The standard InChI is InChI=1S/C17H15BrFNO3/c1-23-17(22)15(9-11-5-7-13(18)8-6-11)20-16(21)12-3-2-4-14(19)10-12/h2-8,10,15H,9H2,1H3,(H,20,21)/t15-/m0/s1. The maximum Gasteiger partial charge on any atom is 0.328 e. The van der Waals surface area contributed by atoms with E-state index in [4.69, 9.17) is 4.74 Å². The van der Waals surface area contributed by atoms with Crippen molar-refractivity contribution < 1.29 is 18.7 Å². The fourth-order valence-electron chi connectivity index (χ4n) is 2.06. The Bertz CT molecular complexity index is 703. The molecule has 0 saturated carbocycles. The normalized spacial score (nSPS) is 11.6. The molecule has 0 radical (unpaired) electrons. The molecule has 0 spiro atoms. The topological polar surface area (TPSA) is 55.4 Å². The number of amides is 1. The Morgan fingerprint density at radius 2 is 1.91 bits per heavy atom. The SMILES string of the molecule is COC(=O)[C@H](Cc1ccc(Br)cc1)NC(=O)c1cccc(F)c1. The summed E-state index contributed by atoms with van der Waals surface area (Å²) < 4.78 is 18.8. The van der Waals surface area contributed by atoms with Gasteiger partial charge in [-0.25, -0.2) is 9.18 Å². The average Bonchev–Trinajstić information content (AvgIpc) is 2.55. The molecule has 2 rings (SSSR count). The Morgan fingerprint density at radius 3 is 2.52 bits per heavy atom. The maximum atomic E-state index is 13.2. The van der Waals surface area contributed by atoms with Gasteiger partial charge in [-0.05, 0) is 35.9 Å². The minimum Gasteiger partial charge on any atom is -0.467 e. The molecule has 4 nitrogen and oxygen atoms in total. The minimum atomic E-state index is -0.850. The monoisotopic (exact) mass is 379 g/mol. The van der Waals surface area contributed by atoms with Crippen LogP contribution in [-0.2, 0) is 16.0 Å². The van der Waals surface area contributed by atoms with Gasteiger partial charge in [0.05, 0.1) is 7.11 Å². The van der Waals surface area contributed by atoms with E-state index < -0.39 is 23.7 Å². The molecule has 0 aliphatic rings. The van der Waals surface area contributed by atoms with Gasteiger partial charge in [0.2, 0.25) is 0 Å². The predicted octanol–water partition coefficient (Wildman–Crippen LogP) is 3.10. The number of carbonyl (C=O) groups excluding carboxylic acids is 2. The highest BCUT2D eigenvalue weighted by atomic mass is 79.9. The van der Waals surface area contributed by atoms with Gasteiger partial charge in [0.25, 0.3) is 5.91 Å². The zero-order chi connectivity index (χ0) is 16.8. The minimum absolute atomic E-state index is 0.148. The molecule has 0 saturated heterocycles. The van der Waals surface area contributed by atoms with E-state index in [2.05, 4.69) is 21.2 Å². The third-order valence-electron chi connectivity index (χ3n) is 3.23. The van der Waals surface area contributed by atoms with Crippen molar-refractivity contribution in [2.45, 2.75) is 12.5 Å². The summed E-state index contributed by atoms with van der Waals surface area (Å²) in [5.41, 5.74) is 1.01. The highest BCUT2D eigenvalue weighted by Crippen LogP contribution is 2.13. The molecule has 0 unspecified atom stereocenters. The van der Waals surface area contributed by atoms with Crippen LogP contribution in [0.1, 0.15) is 15.9 Å². The van der Waals surface area contributed by atoms with Crippen molar-refractivity contribution >= 4 is 27.8 Å².